The van der Waals surface area contributed by atoms with Crippen molar-refractivity contribution in [2.45, 2.75) is 44.0 Å². The molecule has 0 fully saturated rings. The summed E-state index contributed by atoms with van der Waals surface area (Å²) in [6.45, 7) is 4.52. The fraction of sp³-hybridized carbons (Fsp3) is 0.571. The van der Waals surface area contributed by atoms with Crippen LogP contribution < -0.4 is 11.3 Å². The van der Waals surface area contributed by atoms with Gasteiger partial charge >= 0.3 is 0 Å². The van der Waals surface area contributed by atoms with Crippen molar-refractivity contribution in [2.75, 3.05) is 6.26 Å². The maximum atomic E-state index is 5.64. The molecule has 0 spiro atoms. The second kappa shape index (κ2) is 7.75. The molecular formula is C14H24N2S. The number of nitrogens with two attached hydrogens (primary N) is 1. The van der Waals surface area contributed by atoms with Crippen molar-refractivity contribution in [3.63, 3.8) is 0 Å². The molecule has 0 aromatic heterocycles. The third-order valence-corrected chi connectivity index (χ3v) is 3.74. The van der Waals surface area contributed by atoms with Crippen molar-refractivity contribution in [3.8, 4) is 0 Å². The molecular weight excluding hydrogens is 228 g/mol. The Morgan fingerprint density at radius 2 is 1.82 bits per heavy atom. The molecule has 0 aliphatic heterocycles. The van der Waals surface area contributed by atoms with E-state index in [1.165, 1.54) is 23.3 Å². The average Bonchev–Trinajstić information content (AvgIpc) is 2.34. The van der Waals surface area contributed by atoms with E-state index >= 15 is 0 Å². The van der Waals surface area contributed by atoms with E-state index in [1.807, 2.05) is 0 Å². The first-order chi connectivity index (χ1) is 8.17. The molecule has 96 valence electrons. The Balaban J connectivity index is 2.53. The van der Waals surface area contributed by atoms with Gasteiger partial charge in [0.05, 0.1) is 0 Å². The van der Waals surface area contributed by atoms with E-state index in [0.29, 0.717) is 0 Å². The number of thioether (sulfide) groups is 1. The third kappa shape index (κ3) is 5.11. The van der Waals surface area contributed by atoms with Crippen LogP contribution in [0.5, 0.6) is 0 Å². The van der Waals surface area contributed by atoms with E-state index in [4.69, 9.17) is 5.84 Å². The molecule has 0 heterocycles. The zero-order valence-corrected chi connectivity index (χ0v) is 11.9. The SMILES string of the molecule is CSc1ccc(C(CCCC(C)C)NN)cc1. The number of hydrazine groups is 1. The highest BCUT2D eigenvalue weighted by Gasteiger charge is 2.09. The van der Waals surface area contributed by atoms with Crippen molar-refractivity contribution in [2.24, 2.45) is 11.8 Å². The van der Waals surface area contributed by atoms with Crippen molar-refractivity contribution < 1.29 is 0 Å². The summed E-state index contributed by atoms with van der Waals surface area (Å²) in [6, 6.07) is 8.95. The molecule has 0 aliphatic carbocycles. The van der Waals surface area contributed by atoms with E-state index in [9.17, 15) is 0 Å². The molecule has 17 heavy (non-hydrogen) atoms. The van der Waals surface area contributed by atoms with E-state index in [2.05, 4.69) is 49.8 Å². The lowest BCUT2D eigenvalue weighted by atomic mass is 9.98. The fourth-order valence-electron chi connectivity index (χ4n) is 1.91. The zero-order valence-electron chi connectivity index (χ0n) is 11.1. The van der Waals surface area contributed by atoms with Gasteiger partial charge in [-0.3, -0.25) is 11.3 Å². The predicted molar refractivity (Wildman–Crippen MR) is 77.0 cm³/mol. The Morgan fingerprint density at radius 1 is 1.18 bits per heavy atom. The van der Waals surface area contributed by atoms with Crippen molar-refractivity contribution in [1.82, 2.24) is 5.43 Å². The van der Waals surface area contributed by atoms with Crippen LogP contribution in [0.25, 0.3) is 0 Å². The first-order valence-electron chi connectivity index (χ1n) is 6.27. The Morgan fingerprint density at radius 3 is 2.29 bits per heavy atom. The van der Waals surface area contributed by atoms with Gasteiger partial charge < -0.3 is 0 Å². The molecule has 3 N–H and O–H groups in total. The Labute approximate surface area is 109 Å². The third-order valence-electron chi connectivity index (χ3n) is 2.99. The Kier molecular flexibility index (Phi) is 6.63. The van der Waals surface area contributed by atoms with Gasteiger partial charge in [0.1, 0.15) is 0 Å². The lowest BCUT2D eigenvalue weighted by Gasteiger charge is -2.17. The normalized spacial score (nSPS) is 13.0. The fourth-order valence-corrected chi connectivity index (χ4v) is 2.32. The van der Waals surface area contributed by atoms with Gasteiger partial charge in [-0.2, -0.15) is 0 Å². The molecule has 1 unspecified atom stereocenters. The number of hydrogen-bond donors (Lipinski definition) is 2. The Bertz CT molecular complexity index is 309. The van der Waals surface area contributed by atoms with Crippen molar-refractivity contribution >= 4 is 11.8 Å². The van der Waals surface area contributed by atoms with Crippen LogP contribution in [0.1, 0.15) is 44.7 Å². The van der Waals surface area contributed by atoms with Crippen LogP contribution >= 0.6 is 11.8 Å². The molecule has 0 amide bonds. The van der Waals surface area contributed by atoms with Gasteiger partial charge in [-0.25, -0.2) is 0 Å². The van der Waals surface area contributed by atoms with Crippen LogP contribution in [0, 0.1) is 5.92 Å². The van der Waals surface area contributed by atoms with E-state index < -0.39 is 0 Å². The topological polar surface area (TPSA) is 38.0 Å². The summed E-state index contributed by atoms with van der Waals surface area (Å²) in [5.74, 6) is 6.41. The van der Waals surface area contributed by atoms with Gasteiger partial charge in [-0.1, -0.05) is 38.8 Å². The predicted octanol–water partition coefficient (Wildman–Crippen LogP) is 3.74. The van der Waals surface area contributed by atoms with Gasteiger partial charge in [-0.05, 0) is 36.3 Å². The summed E-state index contributed by atoms with van der Waals surface area (Å²) in [7, 11) is 0. The van der Waals surface area contributed by atoms with Crippen LogP contribution in [-0.2, 0) is 0 Å². The number of hydrogen-bond acceptors (Lipinski definition) is 3. The van der Waals surface area contributed by atoms with Gasteiger partial charge in [0.25, 0.3) is 0 Å². The number of benzene rings is 1. The van der Waals surface area contributed by atoms with E-state index in [-0.39, 0.29) is 6.04 Å². The van der Waals surface area contributed by atoms with Crippen molar-refractivity contribution in [1.29, 1.82) is 0 Å². The molecule has 2 nitrogen and oxygen atoms in total. The molecule has 0 bridgehead atoms. The van der Waals surface area contributed by atoms with E-state index in [0.717, 1.165) is 12.3 Å². The monoisotopic (exact) mass is 252 g/mol. The largest absolute Gasteiger partial charge is 0.271 e. The average molecular weight is 252 g/mol. The molecule has 0 saturated heterocycles. The minimum absolute atomic E-state index is 0.282. The molecule has 1 aromatic rings. The lowest BCUT2D eigenvalue weighted by Crippen LogP contribution is -2.28. The van der Waals surface area contributed by atoms with Gasteiger partial charge in [0.15, 0.2) is 0 Å². The van der Waals surface area contributed by atoms with Gasteiger partial charge in [0, 0.05) is 10.9 Å². The molecule has 1 aromatic carbocycles. The smallest absolute Gasteiger partial charge is 0.0460 e. The summed E-state index contributed by atoms with van der Waals surface area (Å²) in [5.41, 5.74) is 4.21. The standard InChI is InChI=1S/C14H24N2S/c1-11(2)5-4-6-14(16-15)12-7-9-13(17-3)10-8-12/h7-11,14,16H,4-6,15H2,1-3H3. The highest BCUT2D eigenvalue weighted by molar-refractivity contribution is 7.98. The second-order valence-electron chi connectivity index (χ2n) is 4.82. The number of nitrogens with one attached hydrogen (secondary N) is 1. The maximum absolute atomic E-state index is 5.64. The van der Waals surface area contributed by atoms with E-state index in [1.54, 1.807) is 11.8 Å². The summed E-state index contributed by atoms with van der Waals surface area (Å²) in [6.07, 6.45) is 5.68. The Hall–Kier alpha value is -0.510. The van der Waals surface area contributed by atoms with Crippen LogP contribution in [0.4, 0.5) is 0 Å². The molecule has 3 heteroatoms. The minimum atomic E-state index is 0.282. The molecule has 0 radical (unpaired) electrons. The number of rotatable bonds is 7. The lowest BCUT2D eigenvalue weighted by molar-refractivity contribution is 0.455. The summed E-state index contributed by atoms with van der Waals surface area (Å²) >= 11 is 1.77. The highest BCUT2D eigenvalue weighted by atomic mass is 32.2. The molecule has 1 atom stereocenters. The molecule has 1 rings (SSSR count). The molecule has 0 aliphatic rings. The van der Waals surface area contributed by atoms with Gasteiger partial charge in [0.2, 0.25) is 0 Å². The van der Waals surface area contributed by atoms with Crippen LogP contribution in [0.2, 0.25) is 0 Å². The zero-order chi connectivity index (χ0) is 12.7. The highest BCUT2D eigenvalue weighted by Crippen LogP contribution is 2.22. The van der Waals surface area contributed by atoms with Crippen LogP contribution in [0.15, 0.2) is 29.2 Å². The molecule has 0 saturated carbocycles. The summed E-state index contributed by atoms with van der Waals surface area (Å²) < 4.78 is 0. The quantitative estimate of drug-likeness (QED) is 0.441. The minimum Gasteiger partial charge on any atom is -0.271 e. The first kappa shape index (κ1) is 14.6. The van der Waals surface area contributed by atoms with Gasteiger partial charge in [-0.15, -0.1) is 11.8 Å². The maximum Gasteiger partial charge on any atom is 0.0460 e. The first-order valence-corrected chi connectivity index (χ1v) is 7.50. The van der Waals surface area contributed by atoms with Crippen molar-refractivity contribution in [3.05, 3.63) is 29.8 Å². The van der Waals surface area contributed by atoms with Crippen LogP contribution in [0.3, 0.4) is 0 Å². The summed E-state index contributed by atoms with van der Waals surface area (Å²) in [5, 5.41) is 0. The second-order valence-corrected chi connectivity index (χ2v) is 5.70. The van der Waals surface area contributed by atoms with Crippen LogP contribution in [-0.4, -0.2) is 6.26 Å². The summed E-state index contributed by atoms with van der Waals surface area (Å²) in [4.78, 5) is 1.30.